The molecule has 1 heterocycles. The van der Waals surface area contributed by atoms with Crippen molar-refractivity contribution in [2.75, 3.05) is 0 Å². The summed E-state index contributed by atoms with van der Waals surface area (Å²) in [5, 5.41) is 1.03. The molecule has 4 aromatic rings. The Morgan fingerprint density at radius 1 is 1.19 bits per heavy atom. The number of hydrogen-bond donors (Lipinski definition) is 1. The Hall–Kier alpha value is -3.16. The number of hydrogen-bond acceptors (Lipinski definition) is 5. The van der Waals surface area contributed by atoms with Gasteiger partial charge in [-0.2, -0.15) is 0 Å². The minimum Gasteiger partial charge on any atom is -0.486 e. The first-order valence-corrected chi connectivity index (χ1v) is 10.6. The zero-order valence-corrected chi connectivity index (χ0v) is 18.3. The summed E-state index contributed by atoms with van der Waals surface area (Å²) >= 11 is 7.72. The van der Waals surface area contributed by atoms with Crippen molar-refractivity contribution in [3.8, 4) is 22.1 Å². The standard InChI is InChI=1S/C23H18ClFN2O3S/c1-12-7-9-16(25)20(21(12)24)13(2)29-14-8-10-17-19(11-14)31-22(27-17)15-5-3-4-6-18(15)30-23(26)28/h3-11,13H,1-2H3,(H2,26,28). The van der Waals surface area contributed by atoms with Crippen LogP contribution in [-0.4, -0.2) is 11.1 Å². The molecule has 1 aromatic heterocycles. The highest BCUT2D eigenvalue weighted by Gasteiger charge is 2.19. The average Bonchev–Trinajstić information content (AvgIpc) is 3.14. The summed E-state index contributed by atoms with van der Waals surface area (Å²) in [5.41, 5.74) is 7.69. The Morgan fingerprint density at radius 2 is 1.97 bits per heavy atom. The largest absolute Gasteiger partial charge is 0.486 e. The second kappa shape index (κ2) is 8.53. The van der Waals surface area contributed by atoms with Crippen LogP contribution in [0.4, 0.5) is 9.18 Å². The number of halogens is 2. The van der Waals surface area contributed by atoms with Crippen LogP contribution in [0.25, 0.3) is 20.8 Å². The number of fused-ring (bicyclic) bond motifs is 1. The fraction of sp³-hybridized carbons (Fsp3) is 0.130. The van der Waals surface area contributed by atoms with Gasteiger partial charge in [-0.15, -0.1) is 11.3 Å². The van der Waals surface area contributed by atoms with Gasteiger partial charge in [-0.05, 0) is 55.8 Å². The number of benzene rings is 3. The van der Waals surface area contributed by atoms with Crippen molar-refractivity contribution < 1.29 is 18.7 Å². The van der Waals surface area contributed by atoms with Crippen LogP contribution in [0, 0.1) is 12.7 Å². The molecule has 5 nitrogen and oxygen atoms in total. The van der Waals surface area contributed by atoms with Gasteiger partial charge in [0.25, 0.3) is 0 Å². The van der Waals surface area contributed by atoms with Gasteiger partial charge in [0.05, 0.1) is 20.8 Å². The number of thiazole rings is 1. The Kier molecular flexibility index (Phi) is 5.80. The molecule has 0 aliphatic carbocycles. The number of nitrogens with two attached hydrogens (primary N) is 1. The number of ether oxygens (including phenoxy) is 2. The van der Waals surface area contributed by atoms with E-state index in [9.17, 15) is 9.18 Å². The van der Waals surface area contributed by atoms with Gasteiger partial charge >= 0.3 is 6.09 Å². The molecule has 1 unspecified atom stereocenters. The third kappa shape index (κ3) is 4.33. The average molecular weight is 457 g/mol. The van der Waals surface area contributed by atoms with E-state index >= 15 is 0 Å². The van der Waals surface area contributed by atoms with Crippen molar-refractivity contribution in [3.05, 3.63) is 76.6 Å². The molecule has 158 valence electrons. The SMILES string of the molecule is Cc1ccc(F)c(C(C)Oc2ccc3nc(-c4ccccc4OC(N)=O)sc3c2)c1Cl. The van der Waals surface area contributed by atoms with Crippen LogP contribution in [0.5, 0.6) is 11.5 Å². The summed E-state index contributed by atoms with van der Waals surface area (Å²) in [4.78, 5) is 15.8. The van der Waals surface area contributed by atoms with Gasteiger partial charge in [-0.1, -0.05) is 29.8 Å². The normalized spacial score (nSPS) is 12.0. The van der Waals surface area contributed by atoms with E-state index in [1.165, 1.54) is 17.4 Å². The summed E-state index contributed by atoms with van der Waals surface area (Å²) in [5.74, 6) is 0.493. The molecule has 31 heavy (non-hydrogen) atoms. The quantitative estimate of drug-likeness (QED) is 0.364. The number of carbonyl (C=O) groups is 1. The van der Waals surface area contributed by atoms with Crippen LogP contribution in [0.3, 0.4) is 0 Å². The van der Waals surface area contributed by atoms with Crippen LogP contribution < -0.4 is 15.2 Å². The molecule has 2 N–H and O–H groups in total. The van der Waals surface area contributed by atoms with E-state index in [1.807, 2.05) is 25.1 Å². The van der Waals surface area contributed by atoms with Crippen LogP contribution >= 0.6 is 22.9 Å². The molecule has 0 saturated carbocycles. The summed E-state index contributed by atoms with van der Waals surface area (Å²) in [6.07, 6.45) is -1.47. The van der Waals surface area contributed by atoms with Gasteiger partial charge in [0.1, 0.15) is 28.4 Å². The van der Waals surface area contributed by atoms with Crippen molar-refractivity contribution in [1.82, 2.24) is 4.98 Å². The Morgan fingerprint density at radius 3 is 2.74 bits per heavy atom. The minimum absolute atomic E-state index is 0.323. The van der Waals surface area contributed by atoms with Crippen LogP contribution in [-0.2, 0) is 0 Å². The van der Waals surface area contributed by atoms with Crippen LogP contribution in [0.15, 0.2) is 54.6 Å². The molecule has 1 atom stereocenters. The van der Waals surface area contributed by atoms with E-state index in [1.54, 1.807) is 37.3 Å². The fourth-order valence-electron chi connectivity index (χ4n) is 3.25. The maximum absolute atomic E-state index is 14.3. The second-order valence-corrected chi connectivity index (χ2v) is 8.33. The van der Waals surface area contributed by atoms with Gasteiger partial charge in [-0.25, -0.2) is 14.2 Å². The summed E-state index contributed by atoms with van der Waals surface area (Å²) < 4.78 is 26.3. The first-order valence-electron chi connectivity index (χ1n) is 9.42. The predicted octanol–water partition coefficient (Wildman–Crippen LogP) is 6.66. The predicted molar refractivity (Wildman–Crippen MR) is 120 cm³/mol. The van der Waals surface area contributed by atoms with E-state index in [4.69, 9.17) is 26.8 Å². The zero-order valence-electron chi connectivity index (χ0n) is 16.7. The topological polar surface area (TPSA) is 74.4 Å². The van der Waals surface area contributed by atoms with Crippen molar-refractivity contribution in [3.63, 3.8) is 0 Å². The van der Waals surface area contributed by atoms with E-state index in [2.05, 4.69) is 4.98 Å². The number of aromatic nitrogens is 1. The van der Waals surface area contributed by atoms with Crippen molar-refractivity contribution in [1.29, 1.82) is 0 Å². The van der Waals surface area contributed by atoms with Gasteiger partial charge in [0.15, 0.2) is 0 Å². The monoisotopic (exact) mass is 456 g/mol. The van der Waals surface area contributed by atoms with E-state index in [-0.39, 0.29) is 0 Å². The highest BCUT2D eigenvalue weighted by atomic mass is 35.5. The van der Waals surface area contributed by atoms with Crippen LogP contribution in [0.2, 0.25) is 5.02 Å². The molecule has 3 aromatic carbocycles. The molecule has 0 aliphatic rings. The first kappa shape index (κ1) is 21.1. The van der Waals surface area contributed by atoms with E-state index < -0.39 is 18.0 Å². The third-order valence-electron chi connectivity index (χ3n) is 4.73. The van der Waals surface area contributed by atoms with Gasteiger partial charge < -0.3 is 15.2 Å². The summed E-state index contributed by atoms with van der Waals surface area (Å²) in [7, 11) is 0. The summed E-state index contributed by atoms with van der Waals surface area (Å²) in [6, 6.07) is 15.5. The molecule has 0 spiro atoms. The lowest BCUT2D eigenvalue weighted by atomic mass is 10.1. The summed E-state index contributed by atoms with van der Waals surface area (Å²) in [6.45, 7) is 3.58. The highest BCUT2D eigenvalue weighted by molar-refractivity contribution is 7.21. The highest BCUT2D eigenvalue weighted by Crippen LogP contribution is 2.38. The van der Waals surface area contributed by atoms with E-state index in [0.29, 0.717) is 32.7 Å². The lowest BCUT2D eigenvalue weighted by molar-refractivity contribution is 0.211. The Balaban J connectivity index is 1.65. The van der Waals surface area contributed by atoms with E-state index in [0.717, 1.165) is 15.8 Å². The van der Waals surface area contributed by atoms with Gasteiger partial charge in [0.2, 0.25) is 0 Å². The molecule has 1 amide bonds. The first-order chi connectivity index (χ1) is 14.8. The number of para-hydroxylation sites is 1. The Bertz CT molecular complexity index is 1290. The number of nitrogens with zero attached hydrogens (tertiary/aromatic N) is 1. The number of aryl methyl sites for hydroxylation is 1. The number of primary amides is 1. The smallest absolute Gasteiger partial charge is 0.409 e. The molecule has 8 heteroatoms. The molecule has 0 radical (unpaired) electrons. The molecule has 4 rings (SSSR count). The number of rotatable bonds is 5. The van der Waals surface area contributed by atoms with Crippen molar-refractivity contribution in [2.45, 2.75) is 20.0 Å². The number of carbonyl (C=O) groups excluding carboxylic acids is 1. The van der Waals surface area contributed by atoms with Gasteiger partial charge in [0, 0.05) is 5.56 Å². The van der Waals surface area contributed by atoms with Crippen molar-refractivity contribution >= 4 is 39.2 Å². The van der Waals surface area contributed by atoms with Gasteiger partial charge in [-0.3, -0.25) is 0 Å². The van der Waals surface area contributed by atoms with Crippen LogP contribution in [0.1, 0.15) is 24.2 Å². The minimum atomic E-state index is -0.889. The Labute approximate surface area is 187 Å². The fourth-order valence-corrected chi connectivity index (χ4v) is 4.58. The molecule has 0 fully saturated rings. The second-order valence-electron chi connectivity index (χ2n) is 6.92. The molecule has 0 aliphatic heterocycles. The third-order valence-corrected chi connectivity index (χ3v) is 6.28. The maximum Gasteiger partial charge on any atom is 0.409 e. The zero-order chi connectivity index (χ0) is 22.1. The molecule has 0 saturated heterocycles. The lowest BCUT2D eigenvalue weighted by Crippen LogP contribution is -2.16. The van der Waals surface area contributed by atoms with Crippen molar-refractivity contribution in [2.24, 2.45) is 5.73 Å². The number of amides is 1. The maximum atomic E-state index is 14.3. The lowest BCUT2D eigenvalue weighted by Gasteiger charge is -2.18. The molecular formula is C23H18ClFN2O3S. The molecular weight excluding hydrogens is 439 g/mol. The molecule has 0 bridgehead atoms.